The second-order valence-corrected chi connectivity index (χ2v) is 18.9. The molecule has 5 aromatic carbocycles. The first-order valence-corrected chi connectivity index (χ1v) is 25.1. The number of carbonyl (C=O) groups excluding carboxylic acids is 3. The lowest BCUT2D eigenvalue weighted by molar-refractivity contribution is -0.146. The minimum atomic E-state index is -1.11. The van der Waals surface area contributed by atoms with Gasteiger partial charge in [0.2, 0.25) is 11.8 Å². The number of benzene rings is 5. The number of amides is 2. The van der Waals surface area contributed by atoms with E-state index in [1.165, 1.54) is 34.2 Å². The molecule has 4 aromatic heterocycles. The third kappa shape index (κ3) is 15.1. The number of nitrogens with one attached hydrogen (secondary N) is 4. The van der Waals surface area contributed by atoms with Crippen LogP contribution in [0, 0.1) is 13.8 Å². The molecule has 2 amide bonds. The lowest BCUT2D eigenvalue weighted by atomic mass is 10.1. The van der Waals surface area contributed by atoms with Crippen molar-refractivity contribution in [3.8, 4) is 33.9 Å². The Balaban J connectivity index is 0.000000207. The van der Waals surface area contributed by atoms with Crippen LogP contribution < -0.4 is 10.6 Å². The predicted molar refractivity (Wildman–Crippen MR) is 288 cm³/mol. The second kappa shape index (κ2) is 25.8. The van der Waals surface area contributed by atoms with Crippen molar-refractivity contribution in [2.24, 2.45) is 0 Å². The standard InChI is InChI=1S/C30H27Cl2N7O3.C23H19Cl2N7O3/c1-19-7-9-21(10-8-19)28-29(32)36-30(35-28)24(16-27(41)42-17-20-5-3-2-4-6-20)34-26(40)14-11-22-15-23(31)12-13-25(22)39-18-33-37-38-39;1-13-2-4-14(5-3-13)21-22(25)29-23(28-21)17(11-20(34)35)27-19(33)9-6-15-10-16(24)7-8-18(15)32-12-26-30-31-32/h2-10,12-13,15,18,24H,11,14,16-17H2,1H3,(H,34,40)(H,35,36);2-10,12,17H,11H2,1H3,(H,27,33)(H,28,29)(H,34,35)/b;9-6+/t24-;17-/m00/s1. The molecular weight excluding hydrogens is 1070 g/mol. The third-order valence-corrected chi connectivity index (χ3v) is 12.6. The Morgan fingerprint density at radius 2 is 1.22 bits per heavy atom. The van der Waals surface area contributed by atoms with Gasteiger partial charge in [0.1, 0.15) is 52.6 Å². The van der Waals surface area contributed by atoms with Crippen LogP contribution in [0.4, 0.5) is 0 Å². The number of esters is 1. The van der Waals surface area contributed by atoms with Crippen molar-refractivity contribution in [1.82, 2.24) is 71.0 Å². The summed E-state index contributed by atoms with van der Waals surface area (Å²) >= 11 is 25.2. The van der Waals surface area contributed by atoms with E-state index in [9.17, 15) is 24.3 Å². The molecule has 0 unspecified atom stereocenters. The highest BCUT2D eigenvalue weighted by Crippen LogP contribution is 2.31. The molecule has 0 aliphatic heterocycles. The number of aromatic amines is 2. The van der Waals surface area contributed by atoms with Gasteiger partial charge in [-0.1, -0.05) is 136 Å². The largest absolute Gasteiger partial charge is 0.481 e. The number of carboxylic acid groups (broad SMARTS) is 1. The zero-order chi connectivity index (χ0) is 54.4. The average Bonchev–Trinajstić information content (AvgIpc) is 4.28. The van der Waals surface area contributed by atoms with Crippen LogP contribution in [0.5, 0.6) is 0 Å². The van der Waals surface area contributed by atoms with E-state index in [2.05, 4.69) is 61.6 Å². The molecule has 392 valence electrons. The molecule has 4 heterocycles. The minimum Gasteiger partial charge on any atom is -0.481 e. The maximum Gasteiger partial charge on any atom is 0.308 e. The van der Waals surface area contributed by atoms with E-state index < -0.39 is 36.4 Å². The summed E-state index contributed by atoms with van der Waals surface area (Å²) in [5.74, 6) is -1.88. The van der Waals surface area contributed by atoms with Crippen molar-refractivity contribution in [2.75, 3.05) is 0 Å². The summed E-state index contributed by atoms with van der Waals surface area (Å²) in [6, 6.07) is 33.2. The van der Waals surface area contributed by atoms with E-state index in [-0.39, 0.29) is 36.3 Å². The first-order valence-electron chi connectivity index (χ1n) is 23.5. The summed E-state index contributed by atoms with van der Waals surface area (Å²) in [6.45, 7) is 4.06. The third-order valence-electron chi connectivity index (χ3n) is 11.6. The van der Waals surface area contributed by atoms with Crippen molar-refractivity contribution in [3.63, 3.8) is 0 Å². The van der Waals surface area contributed by atoms with Gasteiger partial charge in [-0.25, -0.2) is 14.6 Å². The SMILES string of the molecule is Cc1ccc(-c2nc([C@H](CC(=O)O)NC(=O)/C=C/c3cc(Cl)ccc3-n3cnnn3)[nH]c2Cl)cc1.Cc1ccc(-c2nc([C@H](CC(=O)OCc3ccccc3)NC(=O)CCc3cc(Cl)ccc3-n3cnnn3)[nH]c2Cl)cc1. The van der Waals surface area contributed by atoms with Crippen molar-refractivity contribution >= 4 is 76.2 Å². The number of aromatic nitrogens is 12. The Morgan fingerprint density at radius 1 is 0.675 bits per heavy atom. The van der Waals surface area contributed by atoms with E-state index >= 15 is 0 Å². The minimum absolute atomic E-state index is 0.101. The predicted octanol–water partition coefficient (Wildman–Crippen LogP) is 9.60. The molecule has 0 bridgehead atoms. The molecule has 9 rings (SSSR count). The van der Waals surface area contributed by atoms with Gasteiger partial charge < -0.3 is 30.4 Å². The van der Waals surface area contributed by atoms with E-state index in [4.69, 9.17) is 51.1 Å². The number of hydrogen-bond acceptors (Lipinski definition) is 13. The Bertz CT molecular complexity index is 3500. The zero-order valence-corrected chi connectivity index (χ0v) is 44.0. The Labute approximate surface area is 459 Å². The van der Waals surface area contributed by atoms with Gasteiger partial charge in [-0.15, -0.1) is 10.2 Å². The number of rotatable bonds is 19. The Morgan fingerprint density at radius 3 is 1.78 bits per heavy atom. The number of aryl methyl sites for hydroxylation is 3. The molecule has 0 saturated carbocycles. The number of hydrogen-bond donors (Lipinski definition) is 5. The fourth-order valence-electron chi connectivity index (χ4n) is 7.73. The van der Waals surface area contributed by atoms with Gasteiger partial charge in [0, 0.05) is 39.2 Å². The molecule has 0 radical (unpaired) electrons. The van der Waals surface area contributed by atoms with Crippen LogP contribution in [0.15, 0.2) is 134 Å². The number of carboxylic acids is 1. The molecule has 0 aliphatic rings. The van der Waals surface area contributed by atoms with Gasteiger partial charge in [-0.2, -0.15) is 4.68 Å². The summed E-state index contributed by atoms with van der Waals surface area (Å²) < 4.78 is 8.43. The van der Waals surface area contributed by atoms with Crippen LogP contribution in [-0.2, 0) is 36.9 Å². The molecule has 9 aromatic rings. The summed E-state index contributed by atoms with van der Waals surface area (Å²) in [6.07, 6.45) is 5.58. The van der Waals surface area contributed by atoms with Crippen LogP contribution in [0.2, 0.25) is 20.4 Å². The van der Waals surface area contributed by atoms with Crippen LogP contribution in [0.3, 0.4) is 0 Å². The van der Waals surface area contributed by atoms with Crippen molar-refractivity contribution in [3.05, 3.63) is 194 Å². The molecule has 24 heteroatoms. The number of tetrazole rings is 2. The monoisotopic (exact) mass is 1110 g/mol. The lowest BCUT2D eigenvalue weighted by Gasteiger charge is -2.17. The molecule has 77 heavy (non-hydrogen) atoms. The molecule has 5 N–H and O–H groups in total. The molecular formula is C53H46Cl4N14O6. The van der Waals surface area contributed by atoms with Gasteiger partial charge >= 0.3 is 11.9 Å². The first-order chi connectivity index (χ1) is 37.1. The van der Waals surface area contributed by atoms with Crippen molar-refractivity contribution in [2.45, 2.75) is 58.2 Å². The van der Waals surface area contributed by atoms with E-state index in [0.29, 0.717) is 55.8 Å². The number of nitrogens with zero attached hydrogens (tertiary/aromatic N) is 10. The number of aliphatic carboxylic acids is 1. The molecule has 0 fully saturated rings. The fourth-order valence-corrected chi connectivity index (χ4v) is 8.60. The van der Waals surface area contributed by atoms with Crippen molar-refractivity contribution < 1.29 is 29.0 Å². The topological polar surface area (TPSA) is 266 Å². The summed E-state index contributed by atoms with van der Waals surface area (Å²) in [5, 5.41) is 38.9. The zero-order valence-electron chi connectivity index (χ0n) is 40.9. The van der Waals surface area contributed by atoms with Gasteiger partial charge in [0.25, 0.3) is 0 Å². The van der Waals surface area contributed by atoms with E-state index in [1.54, 1.807) is 36.4 Å². The van der Waals surface area contributed by atoms with Crippen molar-refractivity contribution in [1.29, 1.82) is 0 Å². The highest BCUT2D eigenvalue weighted by molar-refractivity contribution is 6.32. The number of carbonyl (C=O) groups is 4. The maximum absolute atomic E-state index is 13.2. The van der Waals surface area contributed by atoms with E-state index in [0.717, 1.165) is 33.4 Å². The van der Waals surface area contributed by atoms with Crippen LogP contribution in [0.1, 0.15) is 70.8 Å². The van der Waals surface area contributed by atoms with Gasteiger partial charge in [0.15, 0.2) is 0 Å². The Hall–Kier alpha value is -8.56. The van der Waals surface area contributed by atoms with Crippen LogP contribution in [0.25, 0.3) is 40.0 Å². The quantitative estimate of drug-likeness (QED) is 0.0373. The van der Waals surface area contributed by atoms with Crippen LogP contribution >= 0.6 is 46.4 Å². The highest BCUT2D eigenvalue weighted by Gasteiger charge is 2.26. The summed E-state index contributed by atoms with van der Waals surface area (Å²) in [4.78, 5) is 65.4. The number of ether oxygens (including phenoxy) is 1. The normalized spacial score (nSPS) is 11.9. The summed E-state index contributed by atoms with van der Waals surface area (Å²) in [5.41, 5.74) is 8.26. The molecule has 20 nitrogen and oxygen atoms in total. The molecule has 2 atom stereocenters. The molecule has 0 aliphatic carbocycles. The lowest BCUT2D eigenvalue weighted by Crippen LogP contribution is -2.31. The average molecular weight is 1120 g/mol. The van der Waals surface area contributed by atoms with Crippen LogP contribution in [-0.4, -0.2) is 89.2 Å². The molecule has 0 saturated heterocycles. The van der Waals surface area contributed by atoms with Gasteiger partial charge in [-0.3, -0.25) is 19.2 Å². The highest BCUT2D eigenvalue weighted by atomic mass is 35.5. The first kappa shape index (κ1) is 54.7. The van der Waals surface area contributed by atoms with E-state index in [1.807, 2.05) is 92.7 Å². The van der Waals surface area contributed by atoms with Gasteiger partial charge in [-0.05, 0) is 94.7 Å². The number of imidazole rings is 2. The maximum atomic E-state index is 13.2. The fraction of sp³-hybridized carbons (Fsp3) is 0.170. The Kier molecular flexibility index (Phi) is 18.3. The number of halogens is 4. The number of H-pyrrole nitrogens is 2. The summed E-state index contributed by atoms with van der Waals surface area (Å²) in [7, 11) is 0. The second-order valence-electron chi connectivity index (χ2n) is 17.2. The van der Waals surface area contributed by atoms with Gasteiger partial charge in [0.05, 0.1) is 36.3 Å². The molecule has 0 spiro atoms. The smallest absolute Gasteiger partial charge is 0.308 e.